The number of furan rings is 1. The Morgan fingerprint density at radius 1 is 1.08 bits per heavy atom. The largest absolute Gasteiger partial charge is 0.451 e. The Hall–Kier alpha value is -2.06. The van der Waals surface area contributed by atoms with Gasteiger partial charge in [0.25, 0.3) is 10.0 Å². The average Bonchev–Trinajstić information content (AvgIpc) is 2.92. The molecule has 0 aliphatic rings. The average molecular weight is 399 g/mol. The summed E-state index contributed by atoms with van der Waals surface area (Å²) in [4.78, 5) is 14.0. The summed E-state index contributed by atoms with van der Waals surface area (Å²) in [7, 11) is -4.10. The van der Waals surface area contributed by atoms with Gasteiger partial charge in [-0.1, -0.05) is 47.5 Å². The molecule has 0 bridgehead atoms. The summed E-state index contributed by atoms with van der Waals surface area (Å²) in [6, 6.07) is 11.3. The van der Waals surface area contributed by atoms with Crippen molar-refractivity contribution >= 4 is 50.1 Å². The molecule has 0 saturated heterocycles. The minimum atomic E-state index is -4.10. The molecule has 0 unspecified atom stereocenters. The van der Waals surface area contributed by atoms with Crippen LogP contribution >= 0.6 is 23.2 Å². The second-order valence-electron chi connectivity index (χ2n) is 5.16. The predicted octanol–water partition coefficient (Wildman–Crippen LogP) is 3.67. The number of hydrogen-bond acceptors (Lipinski definition) is 4. The number of nitrogens with one attached hydrogen (secondary N) is 2. The number of benzene rings is 2. The number of rotatable bonds is 4. The summed E-state index contributed by atoms with van der Waals surface area (Å²) < 4.78 is 30.1. The van der Waals surface area contributed by atoms with Gasteiger partial charge >= 0.3 is 5.91 Å². The van der Waals surface area contributed by atoms with Crippen LogP contribution in [0.4, 0.5) is 0 Å². The molecule has 2 N–H and O–H groups in total. The molecule has 0 spiro atoms. The van der Waals surface area contributed by atoms with Crippen molar-refractivity contribution in [1.82, 2.24) is 10.3 Å². The first-order valence-corrected chi connectivity index (χ1v) is 9.29. The first kappa shape index (κ1) is 17.8. The quantitative estimate of drug-likeness (QED) is 0.656. The highest BCUT2D eigenvalue weighted by molar-refractivity contribution is 7.89. The summed E-state index contributed by atoms with van der Waals surface area (Å²) in [6.07, 6.45) is 0. The SMILES string of the molecule is Cc1c(C(=O)NNS(=O)(=O)c2cccc(Cl)c2Cl)oc2ccccc12. The molecule has 0 radical (unpaired) electrons. The Balaban J connectivity index is 1.84. The van der Waals surface area contributed by atoms with E-state index in [4.69, 9.17) is 27.6 Å². The van der Waals surface area contributed by atoms with E-state index in [1.54, 1.807) is 25.1 Å². The second-order valence-corrected chi connectivity index (χ2v) is 7.60. The van der Waals surface area contributed by atoms with Crippen molar-refractivity contribution in [2.45, 2.75) is 11.8 Å². The molecular weight excluding hydrogens is 387 g/mol. The molecule has 0 atom stereocenters. The lowest BCUT2D eigenvalue weighted by atomic mass is 10.1. The number of fused-ring (bicyclic) bond motifs is 1. The fraction of sp³-hybridized carbons (Fsp3) is 0.0625. The lowest BCUT2D eigenvalue weighted by Crippen LogP contribution is -2.41. The first-order valence-electron chi connectivity index (χ1n) is 7.05. The van der Waals surface area contributed by atoms with Crippen molar-refractivity contribution in [1.29, 1.82) is 0 Å². The van der Waals surface area contributed by atoms with Crippen LogP contribution in [0.2, 0.25) is 10.0 Å². The van der Waals surface area contributed by atoms with E-state index in [-0.39, 0.29) is 20.7 Å². The fourth-order valence-electron chi connectivity index (χ4n) is 2.31. The molecule has 3 rings (SSSR count). The smallest absolute Gasteiger partial charge is 0.302 e. The van der Waals surface area contributed by atoms with Gasteiger partial charge in [0.1, 0.15) is 10.5 Å². The lowest BCUT2D eigenvalue weighted by Gasteiger charge is -2.09. The molecule has 9 heteroatoms. The van der Waals surface area contributed by atoms with E-state index in [0.29, 0.717) is 11.1 Å². The Morgan fingerprint density at radius 3 is 2.52 bits per heavy atom. The van der Waals surface area contributed by atoms with Crippen molar-refractivity contribution < 1.29 is 17.6 Å². The molecule has 0 aliphatic heterocycles. The van der Waals surface area contributed by atoms with Gasteiger partial charge in [0.05, 0.1) is 10.0 Å². The monoisotopic (exact) mass is 398 g/mol. The molecule has 1 amide bonds. The predicted molar refractivity (Wildman–Crippen MR) is 95.2 cm³/mol. The van der Waals surface area contributed by atoms with Crippen LogP contribution in [-0.2, 0) is 10.0 Å². The van der Waals surface area contributed by atoms with Crippen LogP contribution in [0.1, 0.15) is 16.1 Å². The molecule has 130 valence electrons. The number of hydrazine groups is 1. The van der Waals surface area contributed by atoms with Gasteiger partial charge in [-0.2, -0.15) is 0 Å². The highest BCUT2D eigenvalue weighted by atomic mass is 35.5. The zero-order chi connectivity index (χ0) is 18.2. The highest BCUT2D eigenvalue weighted by Crippen LogP contribution is 2.28. The van der Waals surface area contributed by atoms with Crippen molar-refractivity contribution in [3.63, 3.8) is 0 Å². The van der Waals surface area contributed by atoms with Gasteiger partial charge in [-0.3, -0.25) is 10.2 Å². The van der Waals surface area contributed by atoms with Crippen LogP contribution in [-0.4, -0.2) is 14.3 Å². The van der Waals surface area contributed by atoms with Crippen LogP contribution in [0.25, 0.3) is 11.0 Å². The van der Waals surface area contributed by atoms with Crippen LogP contribution in [0, 0.1) is 6.92 Å². The standard InChI is InChI=1S/C16H12Cl2N2O4S/c1-9-10-5-2-3-7-12(10)24-15(9)16(21)19-20-25(22,23)13-8-4-6-11(17)14(13)18/h2-8,20H,1H3,(H,19,21). The third kappa shape index (κ3) is 3.36. The minimum Gasteiger partial charge on any atom is -0.451 e. The van der Waals surface area contributed by atoms with E-state index in [1.165, 1.54) is 18.2 Å². The van der Waals surface area contributed by atoms with Crippen LogP contribution < -0.4 is 10.3 Å². The first-order chi connectivity index (χ1) is 11.8. The van der Waals surface area contributed by atoms with E-state index < -0.39 is 15.9 Å². The third-order valence-electron chi connectivity index (χ3n) is 3.55. The maximum Gasteiger partial charge on any atom is 0.302 e. The van der Waals surface area contributed by atoms with Crippen molar-refractivity contribution in [2.24, 2.45) is 0 Å². The molecule has 1 aromatic heterocycles. The van der Waals surface area contributed by atoms with Crippen LogP contribution in [0.5, 0.6) is 0 Å². The van der Waals surface area contributed by atoms with Gasteiger partial charge in [-0.15, -0.1) is 4.83 Å². The van der Waals surface area contributed by atoms with Crippen molar-refractivity contribution in [2.75, 3.05) is 0 Å². The van der Waals surface area contributed by atoms with E-state index in [1.807, 2.05) is 10.9 Å². The summed E-state index contributed by atoms with van der Waals surface area (Å²) >= 11 is 11.7. The van der Waals surface area contributed by atoms with Gasteiger partial charge in [-0.25, -0.2) is 8.42 Å². The topological polar surface area (TPSA) is 88.4 Å². The Labute approximate surface area is 153 Å². The summed E-state index contributed by atoms with van der Waals surface area (Å²) in [6.45, 7) is 1.71. The van der Waals surface area contributed by atoms with Crippen LogP contribution in [0.3, 0.4) is 0 Å². The van der Waals surface area contributed by atoms with Crippen molar-refractivity contribution in [3.05, 3.63) is 63.8 Å². The lowest BCUT2D eigenvalue weighted by molar-refractivity contribution is 0.0918. The molecule has 0 saturated carbocycles. The molecule has 25 heavy (non-hydrogen) atoms. The molecule has 0 aliphatic carbocycles. The van der Waals surface area contributed by atoms with Gasteiger partial charge < -0.3 is 4.42 Å². The minimum absolute atomic E-state index is 0.0149. The van der Waals surface area contributed by atoms with Gasteiger partial charge in [0.2, 0.25) is 0 Å². The number of halogens is 2. The Kier molecular flexibility index (Phi) is 4.75. The van der Waals surface area contributed by atoms with E-state index in [0.717, 1.165) is 5.39 Å². The van der Waals surface area contributed by atoms with E-state index >= 15 is 0 Å². The Bertz CT molecular complexity index is 1080. The van der Waals surface area contributed by atoms with Gasteiger partial charge in [0, 0.05) is 10.9 Å². The number of para-hydroxylation sites is 1. The molecule has 1 heterocycles. The van der Waals surface area contributed by atoms with E-state index in [9.17, 15) is 13.2 Å². The highest BCUT2D eigenvalue weighted by Gasteiger charge is 2.23. The number of amides is 1. The fourth-order valence-corrected chi connectivity index (χ4v) is 3.91. The van der Waals surface area contributed by atoms with Crippen LogP contribution in [0.15, 0.2) is 51.8 Å². The molecule has 2 aromatic carbocycles. The molecular formula is C16H12Cl2N2O4S. The summed E-state index contributed by atoms with van der Waals surface area (Å²) in [5.74, 6) is -0.712. The van der Waals surface area contributed by atoms with Gasteiger partial charge in [0.15, 0.2) is 5.76 Å². The molecule has 6 nitrogen and oxygen atoms in total. The van der Waals surface area contributed by atoms with Crippen molar-refractivity contribution in [3.8, 4) is 0 Å². The number of carbonyl (C=O) groups is 1. The zero-order valence-corrected chi connectivity index (χ0v) is 15.2. The molecule has 3 aromatic rings. The summed E-state index contributed by atoms with van der Waals surface area (Å²) in [5.41, 5.74) is 3.25. The van der Waals surface area contributed by atoms with Gasteiger partial charge in [-0.05, 0) is 25.1 Å². The summed E-state index contributed by atoms with van der Waals surface area (Å²) in [5, 5.41) is 0.725. The number of aryl methyl sites for hydroxylation is 1. The second kappa shape index (κ2) is 6.68. The zero-order valence-electron chi connectivity index (χ0n) is 12.8. The normalized spacial score (nSPS) is 11.6. The number of sulfonamides is 1. The maximum atomic E-state index is 12.3. The van der Waals surface area contributed by atoms with E-state index in [2.05, 4.69) is 5.43 Å². The maximum absolute atomic E-state index is 12.3. The Morgan fingerprint density at radius 2 is 1.80 bits per heavy atom. The number of hydrogen-bond donors (Lipinski definition) is 2. The third-order valence-corrected chi connectivity index (χ3v) is 5.78. The molecule has 0 fully saturated rings. The number of carbonyl (C=O) groups excluding carboxylic acids is 1.